The van der Waals surface area contributed by atoms with Crippen LogP contribution in [0.15, 0.2) is 30.0 Å². The molecule has 3 N–H and O–H groups in total. The largest absolute Gasteiger partial charge is 0.432 e. The number of rotatable bonds is 7. The van der Waals surface area contributed by atoms with Crippen molar-refractivity contribution in [3.8, 4) is 0 Å². The number of hydrogen-bond acceptors (Lipinski definition) is 6. The van der Waals surface area contributed by atoms with E-state index in [2.05, 4.69) is 0 Å². The number of nitrogens with one attached hydrogen (secondary N) is 1. The summed E-state index contributed by atoms with van der Waals surface area (Å²) in [7, 11) is -3.14. The van der Waals surface area contributed by atoms with Crippen LogP contribution >= 0.6 is 0 Å². The quantitative estimate of drug-likeness (QED) is 0.358. The fourth-order valence-electron chi connectivity index (χ4n) is 2.85. The Morgan fingerprint density at radius 2 is 1.84 bits per heavy atom. The third-order valence-corrected chi connectivity index (χ3v) is 6.26. The summed E-state index contributed by atoms with van der Waals surface area (Å²) in [5, 5.41) is 6.96. The molecule has 1 aromatic rings. The predicted molar refractivity (Wildman–Crippen MR) is 103 cm³/mol. The summed E-state index contributed by atoms with van der Waals surface area (Å²) in [6.07, 6.45) is -4.85. The van der Waals surface area contributed by atoms with Crippen LogP contribution in [0.4, 0.5) is 22.0 Å². The Hall–Kier alpha value is -2.54. The van der Waals surface area contributed by atoms with E-state index in [1.165, 1.54) is 12.1 Å². The minimum absolute atomic E-state index is 0.0791. The molecule has 1 amide bonds. The lowest BCUT2D eigenvalue weighted by atomic mass is 10.1. The first kappa shape index (κ1) is 24.7. The van der Waals surface area contributed by atoms with Crippen LogP contribution < -0.4 is 5.73 Å². The molecule has 1 aromatic carbocycles. The molecule has 0 radical (unpaired) electrons. The first-order valence-electron chi connectivity index (χ1n) is 9.08. The SMILES string of the molecule is N=C(/C=C(\N)C(=O)N(CCN1CCS(=O)(=O)CC1)Cc1cccc(F)c1F)C(F)(F)F. The molecule has 13 heteroatoms. The fraction of sp³-hybridized carbons (Fsp3) is 0.444. The number of carbonyl (C=O) groups excluding carboxylic acids is 1. The van der Waals surface area contributed by atoms with Crippen molar-refractivity contribution in [2.45, 2.75) is 12.7 Å². The van der Waals surface area contributed by atoms with E-state index in [9.17, 15) is 35.2 Å². The highest BCUT2D eigenvalue weighted by atomic mass is 32.2. The van der Waals surface area contributed by atoms with Gasteiger partial charge in [0.2, 0.25) is 0 Å². The molecule has 0 aliphatic carbocycles. The van der Waals surface area contributed by atoms with Gasteiger partial charge < -0.3 is 10.6 Å². The van der Waals surface area contributed by atoms with Crippen LogP contribution in [0, 0.1) is 17.0 Å². The van der Waals surface area contributed by atoms with E-state index in [4.69, 9.17) is 11.1 Å². The summed E-state index contributed by atoms with van der Waals surface area (Å²) in [5.74, 6) is -3.63. The van der Waals surface area contributed by atoms with Gasteiger partial charge in [0, 0.05) is 38.3 Å². The number of sulfone groups is 1. The fourth-order valence-corrected chi connectivity index (χ4v) is 4.12. The molecular formula is C18H21F5N4O3S. The van der Waals surface area contributed by atoms with Gasteiger partial charge in [-0.2, -0.15) is 13.2 Å². The lowest BCUT2D eigenvalue weighted by Crippen LogP contribution is -2.45. The maximum atomic E-state index is 14.1. The first-order valence-corrected chi connectivity index (χ1v) is 10.9. The van der Waals surface area contributed by atoms with E-state index < -0.39 is 51.5 Å². The molecule has 1 saturated heterocycles. The molecule has 31 heavy (non-hydrogen) atoms. The number of hydrogen-bond donors (Lipinski definition) is 2. The number of allylic oxidation sites excluding steroid dienone is 1. The summed E-state index contributed by atoms with van der Waals surface area (Å²) in [5.41, 5.74) is 2.51. The highest BCUT2D eigenvalue weighted by Crippen LogP contribution is 2.19. The van der Waals surface area contributed by atoms with Crippen LogP contribution in [-0.2, 0) is 21.2 Å². The van der Waals surface area contributed by atoms with Crippen LogP contribution in [0.25, 0.3) is 0 Å². The lowest BCUT2D eigenvalue weighted by molar-refractivity contribution is -0.128. The molecule has 1 aliphatic heterocycles. The Bertz CT molecular complexity index is 965. The third kappa shape index (κ3) is 6.99. The maximum absolute atomic E-state index is 14.1. The number of carbonyl (C=O) groups is 1. The number of amides is 1. The van der Waals surface area contributed by atoms with Crippen molar-refractivity contribution >= 4 is 21.5 Å². The zero-order valence-electron chi connectivity index (χ0n) is 16.3. The summed E-state index contributed by atoms with van der Waals surface area (Å²) in [6.45, 7) is -0.0845. The van der Waals surface area contributed by atoms with Gasteiger partial charge in [-0.3, -0.25) is 15.1 Å². The van der Waals surface area contributed by atoms with Crippen LogP contribution in [0.1, 0.15) is 5.56 Å². The van der Waals surface area contributed by atoms with Gasteiger partial charge in [-0.25, -0.2) is 17.2 Å². The average Bonchev–Trinajstić information content (AvgIpc) is 2.67. The van der Waals surface area contributed by atoms with E-state index in [-0.39, 0.29) is 49.3 Å². The minimum Gasteiger partial charge on any atom is -0.394 e. The number of nitrogens with zero attached hydrogens (tertiary/aromatic N) is 2. The van der Waals surface area contributed by atoms with Gasteiger partial charge in [-0.15, -0.1) is 0 Å². The van der Waals surface area contributed by atoms with Crippen LogP contribution in [0.3, 0.4) is 0 Å². The molecule has 172 valence electrons. The van der Waals surface area contributed by atoms with Crippen molar-refractivity contribution in [2.75, 3.05) is 37.7 Å². The topological polar surface area (TPSA) is 108 Å². The standard InChI is InChI=1S/C18H21F5N4O3S/c19-13-3-1-2-12(16(13)20)11-27(5-4-26-6-8-31(29,30)9-7-26)17(28)14(24)10-15(25)18(21,22)23/h1-3,10,25H,4-9,11,24H2/b14-10-,25-15?. The van der Waals surface area contributed by atoms with Crippen molar-refractivity contribution in [2.24, 2.45) is 5.73 Å². The molecule has 0 aromatic heterocycles. The van der Waals surface area contributed by atoms with Crippen molar-refractivity contribution < 1.29 is 35.2 Å². The van der Waals surface area contributed by atoms with Gasteiger partial charge in [0.1, 0.15) is 5.71 Å². The molecule has 0 atom stereocenters. The summed E-state index contributed by atoms with van der Waals surface area (Å²) in [4.78, 5) is 15.3. The first-order chi connectivity index (χ1) is 14.3. The summed E-state index contributed by atoms with van der Waals surface area (Å²) in [6, 6.07) is 3.30. The molecule has 0 saturated carbocycles. The number of nitrogens with two attached hydrogens (primary N) is 1. The van der Waals surface area contributed by atoms with Gasteiger partial charge in [0.05, 0.1) is 17.2 Å². The van der Waals surface area contributed by atoms with Crippen molar-refractivity contribution in [3.05, 3.63) is 47.2 Å². The second kappa shape index (κ2) is 9.73. The Morgan fingerprint density at radius 3 is 2.42 bits per heavy atom. The molecule has 1 heterocycles. The Balaban J connectivity index is 2.20. The molecule has 0 unspecified atom stereocenters. The molecule has 1 aliphatic rings. The monoisotopic (exact) mass is 468 g/mol. The number of alkyl halides is 3. The molecule has 1 fully saturated rings. The zero-order chi connectivity index (χ0) is 23.4. The van der Waals surface area contributed by atoms with Crippen molar-refractivity contribution in [3.63, 3.8) is 0 Å². The molecule has 2 rings (SSSR count). The van der Waals surface area contributed by atoms with Gasteiger partial charge >= 0.3 is 6.18 Å². The second-order valence-corrected chi connectivity index (χ2v) is 9.25. The lowest BCUT2D eigenvalue weighted by Gasteiger charge is -2.30. The summed E-state index contributed by atoms with van der Waals surface area (Å²) >= 11 is 0. The average molecular weight is 468 g/mol. The Morgan fingerprint density at radius 1 is 1.23 bits per heavy atom. The third-order valence-electron chi connectivity index (χ3n) is 4.66. The van der Waals surface area contributed by atoms with Gasteiger partial charge in [0.15, 0.2) is 21.5 Å². The normalized spacial score (nSPS) is 17.4. The van der Waals surface area contributed by atoms with Crippen LogP contribution in [0.2, 0.25) is 0 Å². The second-order valence-electron chi connectivity index (χ2n) is 6.94. The van der Waals surface area contributed by atoms with Crippen molar-refractivity contribution in [1.29, 1.82) is 5.41 Å². The predicted octanol–water partition coefficient (Wildman–Crippen LogP) is 1.45. The molecule has 7 nitrogen and oxygen atoms in total. The molecule has 0 spiro atoms. The summed E-state index contributed by atoms with van der Waals surface area (Å²) < 4.78 is 88.3. The molecular weight excluding hydrogens is 447 g/mol. The van der Waals surface area contributed by atoms with Gasteiger partial charge in [-0.05, 0) is 12.1 Å². The van der Waals surface area contributed by atoms with Crippen LogP contribution in [0.5, 0.6) is 0 Å². The van der Waals surface area contributed by atoms with Gasteiger partial charge in [0.25, 0.3) is 5.91 Å². The zero-order valence-corrected chi connectivity index (χ0v) is 17.1. The highest BCUT2D eigenvalue weighted by molar-refractivity contribution is 7.91. The van der Waals surface area contributed by atoms with E-state index >= 15 is 0 Å². The van der Waals surface area contributed by atoms with Crippen molar-refractivity contribution in [1.82, 2.24) is 9.80 Å². The van der Waals surface area contributed by atoms with Crippen LogP contribution in [-0.4, -0.2) is 73.7 Å². The minimum atomic E-state index is -5.01. The Labute approximate surface area is 175 Å². The smallest absolute Gasteiger partial charge is 0.394 e. The number of benzene rings is 1. The maximum Gasteiger partial charge on any atom is 0.432 e. The van der Waals surface area contributed by atoms with Gasteiger partial charge in [-0.1, -0.05) is 12.1 Å². The molecule has 0 bridgehead atoms. The van der Waals surface area contributed by atoms with E-state index in [1.807, 2.05) is 0 Å². The highest BCUT2D eigenvalue weighted by Gasteiger charge is 2.34. The van der Waals surface area contributed by atoms with E-state index in [1.54, 1.807) is 4.90 Å². The van der Waals surface area contributed by atoms with E-state index in [0.29, 0.717) is 0 Å². The van der Waals surface area contributed by atoms with E-state index in [0.717, 1.165) is 11.0 Å². The Kier molecular flexibility index (Phi) is 7.76. The number of halogens is 5.